The minimum Gasteiger partial charge on any atom is -0.506 e. The van der Waals surface area contributed by atoms with Crippen molar-refractivity contribution in [3.8, 4) is 11.4 Å². The zero-order valence-corrected chi connectivity index (χ0v) is 7.40. The Morgan fingerprint density at radius 1 is 1.33 bits per heavy atom. The highest BCUT2D eigenvalue weighted by molar-refractivity contribution is 5.83. The molecule has 1 aromatic heterocycles. The maximum Gasteiger partial charge on any atom is 0.376 e. The van der Waals surface area contributed by atoms with Gasteiger partial charge in [-0.05, 0) is 22.6 Å². The third-order valence-corrected chi connectivity index (χ3v) is 1.77. The average molecular weight is 206 g/mol. The number of aromatic nitrogens is 4. The summed E-state index contributed by atoms with van der Waals surface area (Å²) in [7, 11) is 0. The van der Waals surface area contributed by atoms with Crippen LogP contribution in [0.5, 0.6) is 5.75 Å². The fourth-order valence-corrected chi connectivity index (χ4v) is 1.13. The van der Waals surface area contributed by atoms with Crippen LogP contribution >= 0.6 is 0 Å². The van der Waals surface area contributed by atoms with E-state index in [1.54, 1.807) is 12.1 Å². The van der Waals surface area contributed by atoms with E-state index in [0.29, 0.717) is 0 Å². The quantitative estimate of drug-likeness (QED) is 0.720. The maximum atomic E-state index is 10.7. The van der Waals surface area contributed by atoms with E-state index < -0.39 is 5.97 Å². The zero-order chi connectivity index (χ0) is 10.8. The number of benzene rings is 1. The summed E-state index contributed by atoms with van der Waals surface area (Å²) in [6.07, 6.45) is 0. The lowest BCUT2D eigenvalue weighted by molar-refractivity contribution is 0.0680. The molecule has 2 N–H and O–H groups in total. The Morgan fingerprint density at radius 2 is 2.07 bits per heavy atom. The molecule has 0 aliphatic carbocycles. The molecule has 7 nitrogen and oxygen atoms in total. The van der Waals surface area contributed by atoms with Gasteiger partial charge in [0.1, 0.15) is 11.4 Å². The lowest BCUT2D eigenvalue weighted by atomic mass is 10.3. The molecule has 0 radical (unpaired) electrons. The standard InChI is InChI=1S/C8H6N4O3/c13-6-4-2-1-3-5(6)12-7(8(14)15)9-10-11-12/h1-4,13H,(H,14,15). The van der Waals surface area contributed by atoms with Crippen molar-refractivity contribution in [2.45, 2.75) is 0 Å². The first-order chi connectivity index (χ1) is 7.20. The van der Waals surface area contributed by atoms with Crippen molar-refractivity contribution >= 4 is 5.97 Å². The smallest absolute Gasteiger partial charge is 0.376 e. The van der Waals surface area contributed by atoms with E-state index in [4.69, 9.17) is 5.11 Å². The minimum absolute atomic E-state index is 0.0905. The van der Waals surface area contributed by atoms with Crippen LogP contribution in [0.25, 0.3) is 5.69 Å². The van der Waals surface area contributed by atoms with Crippen molar-refractivity contribution < 1.29 is 15.0 Å². The topological polar surface area (TPSA) is 101 Å². The van der Waals surface area contributed by atoms with Crippen LogP contribution in [0.3, 0.4) is 0 Å². The summed E-state index contributed by atoms with van der Waals surface area (Å²) in [5.41, 5.74) is 0.222. The Bertz CT molecular complexity index is 508. The van der Waals surface area contributed by atoms with Gasteiger partial charge in [-0.3, -0.25) is 0 Å². The van der Waals surface area contributed by atoms with Crippen LogP contribution in [0.4, 0.5) is 0 Å². The van der Waals surface area contributed by atoms with E-state index in [-0.39, 0.29) is 17.3 Å². The molecule has 0 aliphatic heterocycles. The Kier molecular flexibility index (Phi) is 2.05. The monoisotopic (exact) mass is 206 g/mol. The number of nitrogens with zero attached hydrogens (tertiary/aromatic N) is 4. The summed E-state index contributed by atoms with van der Waals surface area (Å²) < 4.78 is 0.956. The van der Waals surface area contributed by atoms with Gasteiger partial charge in [0.2, 0.25) is 0 Å². The van der Waals surface area contributed by atoms with E-state index in [0.717, 1.165) is 4.68 Å². The van der Waals surface area contributed by atoms with Crippen LogP contribution in [0.1, 0.15) is 10.6 Å². The predicted octanol–water partition coefficient (Wildman–Crippen LogP) is 0.0661. The van der Waals surface area contributed by atoms with Crippen molar-refractivity contribution in [3.05, 3.63) is 30.1 Å². The first kappa shape index (κ1) is 9.13. The molecule has 0 spiro atoms. The van der Waals surface area contributed by atoms with Crippen LogP contribution in [-0.2, 0) is 0 Å². The van der Waals surface area contributed by atoms with Gasteiger partial charge >= 0.3 is 5.97 Å². The van der Waals surface area contributed by atoms with Crippen molar-refractivity contribution in [2.24, 2.45) is 0 Å². The van der Waals surface area contributed by atoms with Gasteiger partial charge in [-0.15, -0.1) is 5.10 Å². The molecule has 1 heterocycles. The third-order valence-electron chi connectivity index (χ3n) is 1.77. The van der Waals surface area contributed by atoms with Gasteiger partial charge in [0.15, 0.2) is 0 Å². The second-order valence-electron chi connectivity index (χ2n) is 2.71. The van der Waals surface area contributed by atoms with Gasteiger partial charge in [-0.25, -0.2) is 4.79 Å². The Labute approximate surface area is 83.6 Å². The molecule has 0 aliphatic rings. The molecule has 0 saturated heterocycles. The number of para-hydroxylation sites is 2. The Balaban J connectivity index is 2.59. The number of aromatic hydroxyl groups is 1. The van der Waals surface area contributed by atoms with Gasteiger partial charge in [-0.2, -0.15) is 4.68 Å². The molecule has 15 heavy (non-hydrogen) atoms. The molecule has 0 atom stereocenters. The van der Waals surface area contributed by atoms with E-state index in [9.17, 15) is 9.90 Å². The Morgan fingerprint density at radius 3 is 2.73 bits per heavy atom. The highest BCUT2D eigenvalue weighted by Crippen LogP contribution is 2.19. The van der Waals surface area contributed by atoms with Crippen molar-refractivity contribution in [1.82, 2.24) is 20.2 Å². The molecule has 0 saturated carbocycles. The van der Waals surface area contributed by atoms with Crippen LogP contribution in [0.15, 0.2) is 24.3 Å². The second kappa shape index (κ2) is 3.37. The molecule has 1 aromatic carbocycles. The molecule has 7 heteroatoms. The first-order valence-corrected chi connectivity index (χ1v) is 4.00. The summed E-state index contributed by atoms with van der Waals surface area (Å²) in [5.74, 6) is -1.70. The number of aromatic carboxylic acids is 1. The van der Waals surface area contributed by atoms with Gasteiger partial charge in [-0.1, -0.05) is 12.1 Å². The summed E-state index contributed by atoms with van der Waals surface area (Å²) in [4.78, 5) is 10.7. The number of hydrogen-bond donors (Lipinski definition) is 2. The van der Waals surface area contributed by atoms with E-state index in [1.807, 2.05) is 0 Å². The van der Waals surface area contributed by atoms with Gasteiger partial charge < -0.3 is 10.2 Å². The van der Waals surface area contributed by atoms with Crippen molar-refractivity contribution in [3.63, 3.8) is 0 Å². The number of hydrogen-bond acceptors (Lipinski definition) is 5. The van der Waals surface area contributed by atoms with Gasteiger partial charge in [0, 0.05) is 0 Å². The van der Waals surface area contributed by atoms with Crippen molar-refractivity contribution in [1.29, 1.82) is 0 Å². The average Bonchev–Trinajstić information content (AvgIpc) is 2.67. The molecular formula is C8H6N4O3. The number of phenols is 1. The number of carbonyl (C=O) groups is 1. The second-order valence-corrected chi connectivity index (χ2v) is 2.71. The molecule has 0 bridgehead atoms. The summed E-state index contributed by atoms with van der Waals surface area (Å²) in [6.45, 7) is 0. The highest BCUT2D eigenvalue weighted by Gasteiger charge is 2.16. The zero-order valence-electron chi connectivity index (χ0n) is 7.40. The first-order valence-electron chi connectivity index (χ1n) is 4.00. The van der Waals surface area contributed by atoms with Crippen LogP contribution in [-0.4, -0.2) is 36.4 Å². The lowest BCUT2D eigenvalue weighted by Gasteiger charge is -2.03. The van der Waals surface area contributed by atoms with Gasteiger partial charge in [0.05, 0.1) is 0 Å². The molecule has 2 aromatic rings. The SMILES string of the molecule is O=C(O)c1nnnn1-c1ccccc1O. The highest BCUT2D eigenvalue weighted by atomic mass is 16.4. The van der Waals surface area contributed by atoms with Crippen molar-refractivity contribution in [2.75, 3.05) is 0 Å². The number of carboxylic acids is 1. The fraction of sp³-hybridized carbons (Fsp3) is 0. The van der Waals surface area contributed by atoms with Crippen LogP contribution in [0.2, 0.25) is 0 Å². The maximum absolute atomic E-state index is 10.7. The van der Waals surface area contributed by atoms with Crippen LogP contribution in [0, 0.1) is 0 Å². The summed E-state index contributed by atoms with van der Waals surface area (Å²) in [6, 6.07) is 6.19. The predicted molar refractivity (Wildman–Crippen MR) is 47.8 cm³/mol. The van der Waals surface area contributed by atoms with E-state index >= 15 is 0 Å². The number of tetrazole rings is 1. The van der Waals surface area contributed by atoms with Crippen LogP contribution < -0.4 is 0 Å². The molecule has 0 fully saturated rings. The molecular weight excluding hydrogens is 200 g/mol. The van der Waals surface area contributed by atoms with E-state index in [1.165, 1.54) is 12.1 Å². The molecule has 0 unspecified atom stereocenters. The lowest BCUT2D eigenvalue weighted by Crippen LogP contribution is -2.09. The van der Waals surface area contributed by atoms with Gasteiger partial charge in [0.25, 0.3) is 5.82 Å². The number of phenolic OH excluding ortho intramolecular Hbond substituents is 1. The molecule has 0 amide bonds. The third kappa shape index (κ3) is 1.50. The normalized spacial score (nSPS) is 10.1. The molecule has 76 valence electrons. The summed E-state index contributed by atoms with van der Waals surface area (Å²) >= 11 is 0. The minimum atomic E-state index is -1.26. The Hall–Kier alpha value is -2.44. The summed E-state index contributed by atoms with van der Waals surface area (Å²) in [5, 5.41) is 28.3. The largest absolute Gasteiger partial charge is 0.506 e. The number of carboxylic acid groups (broad SMARTS) is 1. The fourth-order valence-electron chi connectivity index (χ4n) is 1.13. The van der Waals surface area contributed by atoms with E-state index in [2.05, 4.69) is 15.5 Å². The number of rotatable bonds is 2. The molecule has 2 rings (SSSR count).